The highest BCUT2D eigenvalue weighted by atomic mass is 16.3. The molecule has 0 saturated heterocycles. The van der Waals surface area contributed by atoms with E-state index in [4.69, 9.17) is 10.6 Å². The zero-order chi connectivity index (χ0) is 43.0. The number of aliphatic hydroxyl groups is 1. The quantitative estimate of drug-likeness (QED) is 0.0646. The van der Waals surface area contributed by atoms with E-state index in [0.29, 0.717) is 67.2 Å². The highest BCUT2D eigenvalue weighted by molar-refractivity contribution is 6.36. The zero-order valence-electron chi connectivity index (χ0n) is 35.4. The number of rotatable bonds is 13. The molecule has 54 heavy (non-hydrogen) atoms. The minimum atomic E-state index is -0.655. The minimum absolute atomic E-state index is 0.0717. The maximum atomic E-state index is 11.1. The lowest BCUT2D eigenvalue weighted by Crippen LogP contribution is -2.13. The first-order valence-electron chi connectivity index (χ1n) is 19.3. The van der Waals surface area contributed by atoms with E-state index in [1.165, 1.54) is 25.8 Å². The normalized spacial score (nSPS) is 25.8. The van der Waals surface area contributed by atoms with Crippen molar-refractivity contribution >= 4 is 40.4 Å². The summed E-state index contributed by atoms with van der Waals surface area (Å²) >= 11 is 0. The summed E-state index contributed by atoms with van der Waals surface area (Å²) in [5.41, 5.74) is 8.69. The Labute approximate surface area is 327 Å². The lowest BCUT2D eigenvalue weighted by molar-refractivity contribution is -0.123. The number of terminal acetylenes is 1. The Morgan fingerprint density at radius 1 is 0.778 bits per heavy atom. The van der Waals surface area contributed by atoms with E-state index >= 15 is 0 Å². The number of hydrogen-bond acceptors (Lipinski definition) is 7. The maximum absolute atomic E-state index is 11.1. The molecule has 4 saturated carbocycles. The van der Waals surface area contributed by atoms with E-state index < -0.39 is 6.10 Å². The summed E-state index contributed by atoms with van der Waals surface area (Å²) in [4.78, 5) is 67.2. The Hall–Kier alpha value is -3.86. The van der Waals surface area contributed by atoms with Crippen molar-refractivity contribution in [2.24, 2.45) is 46.3 Å². The van der Waals surface area contributed by atoms with Crippen molar-refractivity contribution in [3.63, 3.8) is 0 Å². The van der Waals surface area contributed by atoms with Crippen LogP contribution in [0.4, 0.5) is 0 Å². The third-order valence-corrected chi connectivity index (χ3v) is 10.7. The third kappa shape index (κ3) is 20.6. The molecule has 0 aliphatic heterocycles. The fourth-order valence-corrected chi connectivity index (χ4v) is 6.06. The van der Waals surface area contributed by atoms with E-state index in [9.17, 15) is 28.8 Å². The van der Waals surface area contributed by atoms with Crippen LogP contribution in [0.15, 0.2) is 38.0 Å². The van der Waals surface area contributed by atoms with Crippen molar-refractivity contribution in [2.45, 2.75) is 146 Å². The summed E-state index contributed by atoms with van der Waals surface area (Å²) in [6, 6.07) is 0. The standard InChI is InChI=1S/C8H12N2O.2C8H12O.C8H14O.C7H12O2.C4H8O.C2H2/c1-4-6(2)5-8(11)7(3)10-9;2*1-5-3-7(9)8(2)4-6(5)8;1-4-7(3)6-8(9)5-2;1-3-6(8)5-7(9)4-2;1-3-4(2)5;1-2/h4,6H,1,5H2,2-3H3;2*5-6H,3-4H2,1-2H3;4,7H,1,5-6H2,2-3H3;3,6,8H,1,4-5H2,2H3;3H2,1-2H3;1-2H. The number of Topliss-reactive ketones (excluding diaryl/α,β-unsaturated/α-hetero) is 6. The molecule has 0 aromatic rings. The summed E-state index contributed by atoms with van der Waals surface area (Å²) in [6.45, 7) is 31.6. The Balaban J connectivity index is -0.000000578. The first kappa shape index (κ1) is 54.5. The Bertz CT molecular complexity index is 1290. The van der Waals surface area contributed by atoms with Crippen LogP contribution in [0.1, 0.15) is 140 Å². The summed E-state index contributed by atoms with van der Waals surface area (Å²) in [5.74, 6) is 4.89. The third-order valence-electron chi connectivity index (χ3n) is 10.7. The van der Waals surface area contributed by atoms with Crippen LogP contribution in [0.3, 0.4) is 0 Å². The molecule has 0 amide bonds. The summed E-state index contributed by atoms with van der Waals surface area (Å²) < 4.78 is 0. The smallest absolute Gasteiger partial charge is 0.331 e. The van der Waals surface area contributed by atoms with Crippen LogP contribution in [-0.2, 0) is 28.8 Å². The van der Waals surface area contributed by atoms with E-state index in [0.717, 1.165) is 24.7 Å². The van der Waals surface area contributed by atoms with Crippen molar-refractivity contribution in [1.82, 2.24) is 0 Å². The van der Waals surface area contributed by atoms with Gasteiger partial charge in [-0.2, -0.15) is 4.79 Å². The van der Waals surface area contributed by atoms with Gasteiger partial charge in [0.1, 0.15) is 28.9 Å². The molecular weight excluding hydrogens is 681 g/mol. The molecule has 9 nitrogen and oxygen atoms in total. The Morgan fingerprint density at radius 2 is 1.13 bits per heavy atom. The maximum Gasteiger partial charge on any atom is 0.331 e. The molecule has 9 unspecified atom stereocenters. The van der Waals surface area contributed by atoms with Gasteiger partial charge in [0.05, 0.1) is 6.10 Å². The molecule has 4 fully saturated rings. The highest BCUT2D eigenvalue weighted by Crippen LogP contribution is 2.64. The van der Waals surface area contributed by atoms with Crippen LogP contribution in [-0.4, -0.2) is 56.4 Å². The Kier molecular flexibility index (Phi) is 27.9. The monoisotopic (exact) mass is 753 g/mol. The molecule has 1 N–H and O–H groups in total. The van der Waals surface area contributed by atoms with Gasteiger partial charge in [0, 0.05) is 69.1 Å². The van der Waals surface area contributed by atoms with Crippen molar-refractivity contribution in [3.05, 3.63) is 43.5 Å². The molecule has 304 valence electrons. The molecule has 4 aliphatic carbocycles. The van der Waals surface area contributed by atoms with Crippen molar-refractivity contribution < 1.29 is 38.7 Å². The number of ketones is 6. The molecule has 9 heteroatoms. The van der Waals surface area contributed by atoms with Crippen LogP contribution in [0.5, 0.6) is 0 Å². The van der Waals surface area contributed by atoms with Gasteiger partial charge in [0.25, 0.3) is 0 Å². The van der Waals surface area contributed by atoms with Gasteiger partial charge < -0.3 is 15.4 Å². The molecule has 0 spiro atoms. The first-order valence-corrected chi connectivity index (χ1v) is 19.3. The van der Waals surface area contributed by atoms with Crippen LogP contribution in [0, 0.1) is 59.2 Å². The molecule has 4 aliphatic rings. The van der Waals surface area contributed by atoms with Crippen molar-refractivity contribution in [3.8, 4) is 12.8 Å². The molecule has 0 radical (unpaired) electrons. The van der Waals surface area contributed by atoms with Crippen LogP contribution in [0.25, 0.3) is 5.53 Å². The van der Waals surface area contributed by atoms with Crippen LogP contribution < -0.4 is 0 Å². The lowest BCUT2D eigenvalue weighted by Gasteiger charge is -2.00. The van der Waals surface area contributed by atoms with Gasteiger partial charge in [-0.15, -0.1) is 32.6 Å². The van der Waals surface area contributed by atoms with Crippen molar-refractivity contribution in [2.75, 3.05) is 0 Å². The number of carbonyl (C=O) groups is 6. The number of fused-ring (bicyclic) bond motifs is 2. The minimum Gasteiger partial charge on any atom is -0.389 e. The van der Waals surface area contributed by atoms with Gasteiger partial charge >= 0.3 is 5.71 Å². The number of allylic oxidation sites excluding steroid dienone is 2. The second-order valence-electron chi connectivity index (χ2n) is 15.5. The number of nitrogens with zero attached hydrogens (tertiary/aromatic N) is 2. The highest BCUT2D eigenvalue weighted by Gasteiger charge is 2.63. The number of hydrogen-bond donors (Lipinski definition) is 1. The average molecular weight is 753 g/mol. The second-order valence-corrected chi connectivity index (χ2v) is 15.5. The van der Waals surface area contributed by atoms with Crippen LogP contribution in [0.2, 0.25) is 0 Å². The largest absolute Gasteiger partial charge is 0.389 e. The fourth-order valence-electron chi connectivity index (χ4n) is 6.06. The summed E-state index contributed by atoms with van der Waals surface area (Å²) in [5, 5.41) is 8.82. The topological polar surface area (TPSA) is 159 Å². The lowest BCUT2D eigenvalue weighted by atomic mass is 10.0. The zero-order valence-corrected chi connectivity index (χ0v) is 35.4. The SMILES string of the molecule is C#C.C=CC(C)CC(=O)C(C)=[N+]=[N-].C=CC(C)CC(=O)CC.C=CC(O)CC(=O)CC.CC1CC(=O)C2(C)CC12.CC1CC(=O)C2(C)CC12.CCC(C)=O. The van der Waals surface area contributed by atoms with Gasteiger partial charge in [-0.25, -0.2) is 0 Å². The van der Waals surface area contributed by atoms with E-state index in [2.05, 4.69) is 65.1 Å². The molecule has 0 heterocycles. The predicted octanol–water partition coefficient (Wildman–Crippen LogP) is 9.02. The molecule has 0 aromatic heterocycles. The summed E-state index contributed by atoms with van der Waals surface area (Å²) in [7, 11) is 0. The molecule has 4 rings (SSSR count). The van der Waals surface area contributed by atoms with Crippen LogP contribution >= 0.6 is 0 Å². The Morgan fingerprint density at radius 3 is 1.33 bits per heavy atom. The summed E-state index contributed by atoms with van der Waals surface area (Å²) in [6.07, 6.45) is 19.3. The average Bonchev–Trinajstić information content (AvgIpc) is 4.02. The van der Waals surface area contributed by atoms with E-state index in [-0.39, 0.29) is 46.2 Å². The van der Waals surface area contributed by atoms with Gasteiger partial charge in [0.15, 0.2) is 0 Å². The number of carbonyl (C=O) groups excluding carboxylic acids is 6. The molecule has 0 bridgehead atoms. The predicted molar refractivity (Wildman–Crippen MR) is 220 cm³/mol. The van der Waals surface area contributed by atoms with Gasteiger partial charge in [-0.1, -0.05) is 80.5 Å². The van der Waals surface area contributed by atoms with Crippen molar-refractivity contribution in [1.29, 1.82) is 0 Å². The van der Waals surface area contributed by atoms with Gasteiger partial charge in [-0.3, -0.25) is 24.0 Å². The van der Waals surface area contributed by atoms with E-state index in [1.807, 2.05) is 33.8 Å². The van der Waals surface area contributed by atoms with Gasteiger partial charge in [0.2, 0.25) is 5.78 Å². The molecular formula is C45H72N2O7. The molecule has 9 atom stereocenters. The van der Waals surface area contributed by atoms with Gasteiger partial charge in [-0.05, 0) is 55.3 Å². The first-order chi connectivity index (χ1) is 25.1. The number of aliphatic hydroxyl groups excluding tert-OH is 1. The van der Waals surface area contributed by atoms with E-state index in [1.54, 1.807) is 19.9 Å². The fraction of sp³-hybridized carbons (Fsp3) is 0.667. The second kappa shape index (κ2) is 27.7. The molecule has 0 aromatic carbocycles.